The van der Waals surface area contributed by atoms with Crippen LogP contribution in [-0.2, 0) is 16.4 Å². The summed E-state index contributed by atoms with van der Waals surface area (Å²) in [6.07, 6.45) is 5.51. The Morgan fingerprint density at radius 1 is 0.953 bits per heavy atom. The molecular formula is C33H37ClFN3O4S. The van der Waals surface area contributed by atoms with Crippen molar-refractivity contribution < 1.29 is 22.3 Å². The third-order valence-corrected chi connectivity index (χ3v) is 11.5. The summed E-state index contributed by atoms with van der Waals surface area (Å²) >= 11 is 6.19. The highest BCUT2D eigenvalue weighted by atomic mass is 35.5. The quantitative estimate of drug-likeness (QED) is 0.307. The summed E-state index contributed by atoms with van der Waals surface area (Å²) in [6.45, 7) is 1.95. The molecule has 1 amide bonds. The number of piperazine rings is 1. The molecular weight excluding hydrogens is 589 g/mol. The Hall–Kier alpha value is -3.14. The first kappa shape index (κ1) is 29.9. The van der Waals surface area contributed by atoms with Gasteiger partial charge in [-0.15, -0.1) is 0 Å². The Bertz CT molecular complexity index is 1570. The minimum atomic E-state index is -3.68. The van der Waals surface area contributed by atoms with Gasteiger partial charge >= 0.3 is 0 Å². The van der Waals surface area contributed by atoms with E-state index >= 15 is 0 Å². The van der Waals surface area contributed by atoms with E-state index in [4.69, 9.17) is 16.3 Å². The van der Waals surface area contributed by atoms with E-state index in [0.29, 0.717) is 37.8 Å². The van der Waals surface area contributed by atoms with Crippen LogP contribution in [-0.4, -0.2) is 68.9 Å². The van der Waals surface area contributed by atoms with Gasteiger partial charge in [0.1, 0.15) is 11.6 Å². The van der Waals surface area contributed by atoms with Crippen molar-refractivity contribution in [2.45, 2.75) is 55.5 Å². The molecule has 0 saturated carbocycles. The summed E-state index contributed by atoms with van der Waals surface area (Å²) in [5, 5.41) is 0.0968. The number of aryl methyl sites for hydroxylation is 1. The van der Waals surface area contributed by atoms with Crippen LogP contribution in [0.3, 0.4) is 0 Å². The molecule has 0 unspecified atom stereocenters. The molecule has 3 heterocycles. The number of carbonyl (C=O) groups excluding carboxylic acids is 1. The predicted molar refractivity (Wildman–Crippen MR) is 166 cm³/mol. The van der Waals surface area contributed by atoms with Crippen molar-refractivity contribution in [3.05, 3.63) is 88.7 Å². The molecule has 0 N–H and O–H groups in total. The number of halogens is 2. The summed E-state index contributed by atoms with van der Waals surface area (Å²) in [7, 11) is -2.09. The second kappa shape index (κ2) is 12.5. The Balaban J connectivity index is 1.15. The third kappa shape index (κ3) is 6.12. The van der Waals surface area contributed by atoms with E-state index in [9.17, 15) is 17.6 Å². The van der Waals surface area contributed by atoms with Gasteiger partial charge in [0.15, 0.2) is 0 Å². The van der Waals surface area contributed by atoms with Crippen molar-refractivity contribution >= 4 is 33.2 Å². The summed E-state index contributed by atoms with van der Waals surface area (Å²) in [6, 6.07) is 19.4. The lowest BCUT2D eigenvalue weighted by atomic mass is 9.91. The molecule has 0 aromatic heterocycles. The number of nitrogens with zero attached hydrogens (tertiary/aromatic N) is 3. The van der Waals surface area contributed by atoms with Crippen LogP contribution >= 0.6 is 11.6 Å². The van der Waals surface area contributed by atoms with Gasteiger partial charge in [0.2, 0.25) is 10.0 Å². The van der Waals surface area contributed by atoms with Gasteiger partial charge < -0.3 is 14.5 Å². The van der Waals surface area contributed by atoms with E-state index in [1.807, 2.05) is 6.07 Å². The first-order valence-corrected chi connectivity index (χ1v) is 16.8. The number of fused-ring (bicyclic) bond motifs is 2. The molecule has 3 saturated heterocycles. The number of rotatable bonds is 8. The van der Waals surface area contributed by atoms with Gasteiger partial charge in [-0.1, -0.05) is 41.9 Å². The molecule has 43 heavy (non-hydrogen) atoms. The smallest absolute Gasteiger partial charge is 0.255 e. The van der Waals surface area contributed by atoms with Gasteiger partial charge in [0.05, 0.1) is 28.3 Å². The molecule has 3 aliphatic rings. The number of hydrogen-bond acceptors (Lipinski definition) is 5. The predicted octanol–water partition coefficient (Wildman–Crippen LogP) is 6.01. The molecule has 3 fully saturated rings. The third-order valence-electron chi connectivity index (χ3n) is 9.25. The van der Waals surface area contributed by atoms with E-state index in [0.717, 1.165) is 50.3 Å². The van der Waals surface area contributed by atoms with Gasteiger partial charge in [-0.05, 0) is 86.4 Å². The van der Waals surface area contributed by atoms with Gasteiger partial charge in [-0.2, -0.15) is 4.31 Å². The number of sulfonamides is 1. The van der Waals surface area contributed by atoms with Crippen molar-refractivity contribution in [2.75, 3.05) is 38.2 Å². The lowest BCUT2D eigenvalue weighted by molar-refractivity contribution is 0.0718. The minimum Gasteiger partial charge on any atom is -0.495 e. The van der Waals surface area contributed by atoms with Crippen LogP contribution in [0.15, 0.2) is 71.6 Å². The van der Waals surface area contributed by atoms with Crippen molar-refractivity contribution in [2.24, 2.45) is 5.92 Å². The highest BCUT2D eigenvalue weighted by molar-refractivity contribution is 7.89. The molecule has 2 bridgehead atoms. The lowest BCUT2D eigenvalue weighted by Gasteiger charge is -2.43. The largest absolute Gasteiger partial charge is 0.495 e. The van der Waals surface area contributed by atoms with Crippen molar-refractivity contribution in [3.63, 3.8) is 0 Å². The second-order valence-corrected chi connectivity index (χ2v) is 14.2. The normalized spacial score (nSPS) is 21.3. The molecule has 3 aliphatic heterocycles. The number of benzene rings is 3. The van der Waals surface area contributed by atoms with E-state index in [-0.39, 0.29) is 33.5 Å². The number of piperidine rings is 1. The molecule has 3 aromatic rings. The number of likely N-dealkylation sites (tertiary alicyclic amines) is 1. The van der Waals surface area contributed by atoms with Crippen LogP contribution in [0.5, 0.6) is 5.75 Å². The maximum atomic E-state index is 13.8. The topological polar surface area (TPSA) is 70.2 Å². The van der Waals surface area contributed by atoms with Gasteiger partial charge in [-0.25, -0.2) is 12.8 Å². The van der Waals surface area contributed by atoms with Crippen LogP contribution in [0.4, 0.5) is 10.1 Å². The van der Waals surface area contributed by atoms with Gasteiger partial charge in [-0.3, -0.25) is 4.79 Å². The number of anilines is 1. The van der Waals surface area contributed by atoms with E-state index < -0.39 is 15.8 Å². The number of methoxy groups -OCH3 is 1. The fourth-order valence-electron chi connectivity index (χ4n) is 6.93. The summed E-state index contributed by atoms with van der Waals surface area (Å²) in [5.41, 5.74) is 2.34. The highest BCUT2D eigenvalue weighted by Gasteiger charge is 2.43. The summed E-state index contributed by atoms with van der Waals surface area (Å²) in [5.74, 6) is 0.409. The second-order valence-electron chi connectivity index (χ2n) is 11.8. The molecule has 2 atom stereocenters. The van der Waals surface area contributed by atoms with Crippen molar-refractivity contribution in [1.29, 1.82) is 0 Å². The van der Waals surface area contributed by atoms with E-state index in [1.54, 1.807) is 34.5 Å². The molecule has 3 aromatic carbocycles. The Morgan fingerprint density at radius 2 is 1.65 bits per heavy atom. The minimum absolute atomic E-state index is 0.00543. The van der Waals surface area contributed by atoms with Crippen LogP contribution in [0, 0.1) is 11.7 Å². The monoisotopic (exact) mass is 625 g/mol. The van der Waals surface area contributed by atoms with Crippen molar-refractivity contribution in [3.8, 4) is 5.75 Å². The van der Waals surface area contributed by atoms with E-state index in [1.165, 1.54) is 17.7 Å². The standard InChI is InChI=1S/C33H37ClFN3O4S/c1-42-32-14-12-28(43(40,41)37-17-15-24(16-18-37)8-7-23-5-3-2-4-6-23)20-31(32)38-26-10-11-27(38)22-36(21-26)33(39)29-13-9-25(35)19-30(29)34/h2-6,9,12-14,19-20,24,26-27H,7-8,10-11,15-18,21-22H2,1H3/t26-,27+. The average Bonchev–Trinajstić information content (AvgIpc) is 3.28. The maximum Gasteiger partial charge on any atom is 0.255 e. The molecule has 7 nitrogen and oxygen atoms in total. The lowest BCUT2D eigenvalue weighted by Crippen LogP contribution is -2.55. The zero-order valence-corrected chi connectivity index (χ0v) is 25.9. The molecule has 6 rings (SSSR count). The molecule has 0 aliphatic carbocycles. The van der Waals surface area contributed by atoms with Crippen LogP contribution in [0.1, 0.15) is 48.0 Å². The molecule has 10 heteroatoms. The highest BCUT2D eigenvalue weighted by Crippen LogP contribution is 2.42. The summed E-state index contributed by atoms with van der Waals surface area (Å²) < 4.78 is 48.5. The Morgan fingerprint density at radius 3 is 2.30 bits per heavy atom. The summed E-state index contributed by atoms with van der Waals surface area (Å²) in [4.78, 5) is 17.6. The Labute approximate surface area is 258 Å². The first-order valence-electron chi connectivity index (χ1n) is 15.0. The Kier molecular flexibility index (Phi) is 8.67. The average molecular weight is 626 g/mol. The molecule has 0 radical (unpaired) electrons. The van der Waals surface area contributed by atoms with E-state index in [2.05, 4.69) is 29.2 Å². The molecule has 0 spiro atoms. The fourth-order valence-corrected chi connectivity index (χ4v) is 8.67. The van der Waals surface area contributed by atoms with Crippen LogP contribution in [0.2, 0.25) is 5.02 Å². The van der Waals surface area contributed by atoms with Gasteiger partial charge in [0, 0.05) is 38.3 Å². The number of ether oxygens (including phenoxy) is 1. The SMILES string of the molecule is COc1ccc(S(=O)(=O)N2CCC(CCc3ccccc3)CC2)cc1N1[C@@H]2CC[C@H]1CN(C(=O)c1ccc(F)cc1Cl)C2. The van der Waals surface area contributed by atoms with Gasteiger partial charge in [0.25, 0.3) is 5.91 Å². The number of amides is 1. The number of carbonyl (C=O) groups is 1. The van der Waals surface area contributed by atoms with Crippen LogP contribution < -0.4 is 9.64 Å². The van der Waals surface area contributed by atoms with Crippen LogP contribution in [0.25, 0.3) is 0 Å². The zero-order valence-electron chi connectivity index (χ0n) is 24.3. The first-order chi connectivity index (χ1) is 20.7. The fraction of sp³-hybridized carbons (Fsp3) is 0.424. The maximum absolute atomic E-state index is 13.8. The number of hydrogen-bond donors (Lipinski definition) is 0. The van der Waals surface area contributed by atoms with Crippen molar-refractivity contribution in [1.82, 2.24) is 9.21 Å². The molecule has 228 valence electrons. The zero-order chi connectivity index (χ0) is 30.1.